The van der Waals surface area contributed by atoms with Crippen LogP contribution in [0.1, 0.15) is 453 Å². The number of unbranched alkanes of at least 4 members (excludes halogenated alkanes) is 52. The molecule has 19 heteroatoms. The average molecular weight is 1540 g/mol. The van der Waals surface area contributed by atoms with E-state index in [0.29, 0.717) is 25.7 Å². The monoisotopic (exact) mass is 1540 g/mol. The van der Waals surface area contributed by atoms with E-state index in [2.05, 4.69) is 48.5 Å². The SMILES string of the molecule is CCCCCCCCCCCCCCCCCCC(=O)O[C@H](COC(=O)CCCCCCCCCCCC(C)C)COP(=O)(O)OC[C@H](O)COP(=O)(O)OC[C@@H](COC(=O)CCCCCCCCCCCCCCCC(C)C)OC(=O)CCCCCCCCCCCCCCCCCCCCC(C)C. The second kappa shape index (κ2) is 76.1. The number of hydrogen-bond donors (Lipinski definition) is 3. The van der Waals surface area contributed by atoms with Gasteiger partial charge in [0.1, 0.15) is 19.3 Å². The molecule has 0 aromatic heterocycles. The summed E-state index contributed by atoms with van der Waals surface area (Å²) in [7, 11) is -9.93. The Balaban J connectivity index is 5.25. The van der Waals surface area contributed by atoms with Gasteiger partial charge in [-0.05, 0) is 43.4 Å². The smallest absolute Gasteiger partial charge is 0.462 e. The first-order valence-corrected chi connectivity index (χ1v) is 47.3. The van der Waals surface area contributed by atoms with Crippen LogP contribution < -0.4 is 0 Å². The second-order valence-electron chi connectivity index (χ2n) is 32.4. The summed E-state index contributed by atoms with van der Waals surface area (Å²) in [6.07, 6.45) is 66.6. The molecule has 0 aliphatic heterocycles. The lowest BCUT2D eigenvalue weighted by molar-refractivity contribution is -0.161. The van der Waals surface area contributed by atoms with E-state index in [1.165, 1.54) is 263 Å². The molecule has 105 heavy (non-hydrogen) atoms. The van der Waals surface area contributed by atoms with Gasteiger partial charge in [-0.3, -0.25) is 37.3 Å². The minimum Gasteiger partial charge on any atom is -0.462 e. The molecule has 0 bridgehead atoms. The van der Waals surface area contributed by atoms with Gasteiger partial charge in [0.15, 0.2) is 12.2 Å². The van der Waals surface area contributed by atoms with Gasteiger partial charge in [-0.15, -0.1) is 0 Å². The molecule has 624 valence electrons. The lowest BCUT2D eigenvalue weighted by Gasteiger charge is -2.21. The quantitative estimate of drug-likeness (QED) is 0.0222. The van der Waals surface area contributed by atoms with Crippen LogP contribution >= 0.6 is 15.6 Å². The van der Waals surface area contributed by atoms with Crippen LogP contribution in [0.2, 0.25) is 0 Å². The van der Waals surface area contributed by atoms with E-state index in [-0.39, 0.29) is 25.7 Å². The molecule has 0 saturated carbocycles. The highest BCUT2D eigenvalue weighted by atomic mass is 31.2. The average Bonchev–Trinajstić information content (AvgIpc) is 0.933. The number of carbonyl (C=O) groups excluding carboxylic acids is 4. The van der Waals surface area contributed by atoms with Gasteiger partial charge >= 0.3 is 39.5 Å². The maximum absolute atomic E-state index is 13.1. The zero-order valence-corrected chi connectivity index (χ0v) is 71.0. The maximum atomic E-state index is 13.1. The van der Waals surface area contributed by atoms with Crippen LogP contribution in [0.5, 0.6) is 0 Å². The highest BCUT2D eigenvalue weighted by Crippen LogP contribution is 2.45. The van der Waals surface area contributed by atoms with E-state index in [1.807, 2.05) is 0 Å². The predicted molar refractivity (Wildman–Crippen MR) is 432 cm³/mol. The number of rotatable bonds is 84. The van der Waals surface area contributed by atoms with E-state index in [1.54, 1.807) is 0 Å². The first-order valence-electron chi connectivity index (χ1n) is 44.3. The summed E-state index contributed by atoms with van der Waals surface area (Å²) in [6, 6.07) is 0. The van der Waals surface area contributed by atoms with Gasteiger partial charge in [-0.25, -0.2) is 9.13 Å². The number of phosphoric ester groups is 2. The minimum atomic E-state index is -4.97. The Hall–Kier alpha value is -1.94. The first kappa shape index (κ1) is 103. The molecule has 0 aromatic carbocycles. The molecule has 0 fully saturated rings. The molecular formula is C86H168O17P2. The van der Waals surface area contributed by atoms with E-state index < -0.39 is 97.5 Å². The molecular weight excluding hydrogens is 1370 g/mol. The molecule has 0 aliphatic carbocycles. The Labute approximate surface area is 645 Å². The van der Waals surface area contributed by atoms with Gasteiger partial charge in [-0.1, -0.05) is 402 Å². The standard InChI is InChI=1S/C86H168O17P2/c1-8-9-10-11-12-13-14-15-16-22-27-33-40-48-55-62-69-86(91)103-82(74-97-84(89)68-61-54-47-42-35-38-45-52-59-66-79(6)7)76-101-105(94,95)99-72-80(87)71-98-104(92,93)100-75-81(73-96-83(88)67-60-53-46-39-32-29-24-26-31-37-44-51-58-65-78(4)5)102-85(90)70-63-56-49-41-34-28-23-20-18-17-19-21-25-30-36-43-50-57-64-77(2)3/h77-82,87H,8-76H2,1-7H3,(H,92,93)(H,94,95)/t80-,81-,82-/m1/s1. The largest absolute Gasteiger partial charge is 0.472 e. The number of phosphoric acid groups is 2. The van der Waals surface area contributed by atoms with Crippen molar-refractivity contribution in [1.82, 2.24) is 0 Å². The molecule has 0 saturated heterocycles. The summed E-state index contributed by atoms with van der Waals surface area (Å²) in [5, 5.41) is 10.7. The molecule has 0 amide bonds. The van der Waals surface area contributed by atoms with Crippen molar-refractivity contribution in [2.24, 2.45) is 17.8 Å². The molecule has 2 unspecified atom stereocenters. The molecule has 0 radical (unpaired) electrons. The van der Waals surface area contributed by atoms with Crippen LogP contribution in [0.15, 0.2) is 0 Å². The maximum Gasteiger partial charge on any atom is 0.472 e. The molecule has 17 nitrogen and oxygen atoms in total. The second-order valence-corrected chi connectivity index (χ2v) is 35.3. The Morgan fingerprint density at radius 3 is 0.648 bits per heavy atom. The van der Waals surface area contributed by atoms with Gasteiger partial charge < -0.3 is 33.8 Å². The normalized spacial score (nSPS) is 13.9. The Kier molecular flexibility index (Phi) is 74.7. The van der Waals surface area contributed by atoms with Gasteiger partial charge in [0, 0.05) is 25.7 Å². The van der Waals surface area contributed by atoms with Crippen molar-refractivity contribution in [2.45, 2.75) is 471 Å². The third-order valence-corrected chi connectivity index (χ3v) is 22.0. The lowest BCUT2D eigenvalue weighted by atomic mass is 10.0. The molecule has 0 aliphatic rings. The fourth-order valence-corrected chi connectivity index (χ4v) is 14.9. The zero-order valence-electron chi connectivity index (χ0n) is 69.2. The van der Waals surface area contributed by atoms with E-state index >= 15 is 0 Å². The van der Waals surface area contributed by atoms with Crippen molar-refractivity contribution in [3.8, 4) is 0 Å². The van der Waals surface area contributed by atoms with Crippen molar-refractivity contribution in [1.29, 1.82) is 0 Å². The van der Waals surface area contributed by atoms with Gasteiger partial charge in [0.05, 0.1) is 26.4 Å². The number of hydrogen-bond acceptors (Lipinski definition) is 15. The summed E-state index contributed by atoms with van der Waals surface area (Å²) in [6.45, 7) is 12.0. The van der Waals surface area contributed by atoms with E-state index in [4.69, 9.17) is 37.0 Å². The molecule has 3 N–H and O–H groups in total. The molecule has 0 heterocycles. The van der Waals surface area contributed by atoms with Crippen molar-refractivity contribution >= 4 is 39.5 Å². The van der Waals surface area contributed by atoms with Crippen LogP contribution in [-0.2, 0) is 65.4 Å². The Bertz CT molecular complexity index is 2030. The molecule has 0 spiro atoms. The summed E-state index contributed by atoms with van der Waals surface area (Å²) in [5.41, 5.74) is 0. The van der Waals surface area contributed by atoms with Crippen molar-refractivity contribution < 1.29 is 80.2 Å². The third-order valence-electron chi connectivity index (χ3n) is 20.1. The molecule has 0 rings (SSSR count). The number of ether oxygens (including phenoxy) is 4. The number of aliphatic hydroxyl groups excluding tert-OH is 1. The van der Waals surface area contributed by atoms with E-state index in [9.17, 15) is 43.2 Å². The zero-order chi connectivity index (χ0) is 77.2. The summed E-state index contributed by atoms with van der Waals surface area (Å²) in [5.74, 6) is 0.252. The van der Waals surface area contributed by atoms with E-state index in [0.717, 1.165) is 108 Å². The van der Waals surface area contributed by atoms with Crippen LogP contribution in [0.3, 0.4) is 0 Å². The molecule has 5 atom stereocenters. The van der Waals surface area contributed by atoms with Crippen LogP contribution in [0.25, 0.3) is 0 Å². The van der Waals surface area contributed by atoms with Gasteiger partial charge in [0.25, 0.3) is 0 Å². The lowest BCUT2D eigenvalue weighted by Crippen LogP contribution is -2.30. The first-order chi connectivity index (χ1) is 50.7. The number of esters is 4. The fraction of sp³-hybridized carbons (Fsp3) is 0.953. The highest BCUT2D eigenvalue weighted by molar-refractivity contribution is 7.47. The number of carbonyl (C=O) groups is 4. The van der Waals surface area contributed by atoms with Gasteiger partial charge in [0.2, 0.25) is 0 Å². The number of aliphatic hydroxyl groups is 1. The predicted octanol–water partition coefficient (Wildman–Crippen LogP) is 26.1. The highest BCUT2D eigenvalue weighted by Gasteiger charge is 2.30. The third kappa shape index (κ3) is 79.9. The van der Waals surface area contributed by atoms with Crippen LogP contribution in [-0.4, -0.2) is 96.7 Å². The summed E-state index contributed by atoms with van der Waals surface area (Å²) in [4.78, 5) is 73.2. The van der Waals surface area contributed by atoms with Crippen LogP contribution in [0.4, 0.5) is 0 Å². The van der Waals surface area contributed by atoms with Crippen molar-refractivity contribution in [2.75, 3.05) is 39.6 Å². The Morgan fingerprint density at radius 1 is 0.257 bits per heavy atom. The van der Waals surface area contributed by atoms with Crippen molar-refractivity contribution in [3.05, 3.63) is 0 Å². The Morgan fingerprint density at radius 2 is 0.438 bits per heavy atom. The fourth-order valence-electron chi connectivity index (χ4n) is 13.4. The molecule has 0 aromatic rings. The van der Waals surface area contributed by atoms with Crippen LogP contribution in [0, 0.1) is 17.8 Å². The topological polar surface area (TPSA) is 237 Å². The summed E-state index contributed by atoms with van der Waals surface area (Å²) >= 11 is 0. The minimum absolute atomic E-state index is 0.108. The summed E-state index contributed by atoms with van der Waals surface area (Å²) < 4.78 is 68.9. The van der Waals surface area contributed by atoms with Gasteiger partial charge in [-0.2, -0.15) is 0 Å². The van der Waals surface area contributed by atoms with Crippen molar-refractivity contribution in [3.63, 3.8) is 0 Å².